The summed E-state index contributed by atoms with van der Waals surface area (Å²) in [6, 6.07) is 21.4. The zero-order chi connectivity index (χ0) is 13.9. The van der Waals surface area contributed by atoms with Gasteiger partial charge in [0.05, 0.1) is 6.61 Å². The second-order valence-corrected chi connectivity index (χ2v) is 7.10. The van der Waals surface area contributed by atoms with Crippen molar-refractivity contribution >= 4 is 53.7 Å². The first-order chi connectivity index (χ1) is 9.22. The molecule has 0 aliphatic rings. The van der Waals surface area contributed by atoms with E-state index in [1.807, 2.05) is 6.92 Å². The molecular formula is C15H15AsOS2. The van der Waals surface area contributed by atoms with Crippen molar-refractivity contribution in [1.82, 2.24) is 0 Å². The summed E-state index contributed by atoms with van der Waals surface area (Å²) in [6.45, 7) is 2.43. The van der Waals surface area contributed by atoms with Crippen LogP contribution in [0, 0.1) is 0 Å². The Labute approximate surface area is 132 Å². The third-order valence-corrected chi connectivity index (χ3v) is 4.60. The van der Waals surface area contributed by atoms with Crippen LogP contribution in [0.4, 0.5) is 0 Å². The quantitative estimate of drug-likeness (QED) is 0.477. The maximum absolute atomic E-state index is 4.59. The molecule has 2 aromatic rings. The van der Waals surface area contributed by atoms with Gasteiger partial charge in [-0.15, -0.1) is 0 Å². The van der Waals surface area contributed by atoms with Gasteiger partial charge >= 0.3 is 85.1 Å². The zero-order valence-electron chi connectivity index (χ0n) is 10.7. The Morgan fingerprint density at radius 2 is 1.42 bits per heavy atom. The zero-order valence-corrected chi connectivity index (χ0v) is 14.2. The van der Waals surface area contributed by atoms with Gasteiger partial charge in [0.15, 0.2) is 0 Å². The molecule has 2 aromatic carbocycles. The van der Waals surface area contributed by atoms with Crippen LogP contribution in [-0.2, 0) is 17.4 Å². The first-order valence-corrected chi connectivity index (χ1v) is 8.57. The summed E-state index contributed by atoms with van der Waals surface area (Å²) in [5, 5.41) is 0. The molecule has 0 aliphatic carbocycles. The van der Waals surface area contributed by atoms with Gasteiger partial charge in [-0.25, -0.2) is 0 Å². The van der Waals surface area contributed by atoms with Crippen molar-refractivity contribution in [2.24, 2.45) is 0 Å². The number of thiocarbonyl (C=S) groups is 1. The third kappa shape index (κ3) is 7.99. The van der Waals surface area contributed by atoms with Crippen LogP contribution in [0.3, 0.4) is 0 Å². The van der Waals surface area contributed by atoms with E-state index in [9.17, 15) is 0 Å². The van der Waals surface area contributed by atoms with E-state index in [1.54, 1.807) is 0 Å². The first kappa shape index (κ1) is 16.2. The molecule has 19 heavy (non-hydrogen) atoms. The van der Waals surface area contributed by atoms with Crippen LogP contribution in [0.2, 0.25) is 0 Å². The predicted octanol–water partition coefficient (Wildman–Crippen LogP) is 2.20. The summed E-state index contributed by atoms with van der Waals surface area (Å²) in [4.78, 5) is 0. The monoisotopic (exact) mass is 350 g/mol. The Bertz CT molecular complexity index is 437. The minimum atomic E-state index is 0.177. The molecule has 0 saturated heterocycles. The predicted molar refractivity (Wildman–Crippen MR) is 89.5 cm³/mol. The molecule has 0 aromatic heterocycles. The van der Waals surface area contributed by atoms with E-state index >= 15 is 0 Å². The fourth-order valence-electron chi connectivity index (χ4n) is 1.27. The maximum atomic E-state index is 4.59. The van der Waals surface area contributed by atoms with Crippen molar-refractivity contribution in [3.63, 3.8) is 0 Å². The average molecular weight is 350 g/mol. The molecule has 4 heteroatoms. The van der Waals surface area contributed by atoms with Gasteiger partial charge in [0.1, 0.15) is 0 Å². The van der Waals surface area contributed by atoms with Gasteiger partial charge in [-0.2, -0.15) is 0 Å². The van der Waals surface area contributed by atoms with Crippen LogP contribution >= 0.6 is 12.2 Å². The van der Waals surface area contributed by atoms with Gasteiger partial charge in [-0.3, -0.25) is 0 Å². The van der Waals surface area contributed by atoms with Crippen molar-refractivity contribution < 1.29 is 4.74 Å². The molecule has 0 N–H and O–H groups in total. The van der Waals surface area contributed by atoms with E-state index in [0.717, 1.165) is 0 Å². The summed E-state index contributed by atoms with van der Waals surface area (Å²) >= 11 is 8.95. The summed E-state index contributed by atoms with van der Waals surface area (Å²) in [5.41, 5.74) is 0. The molecule has 2 radical (unpaired) electrons. The first-order valence-electron chi connectivity index (χ1n) is 5.88. The normalized spacial score (nSPS) is 9.11. The summed E-state index contributed by atoms with van der Waals surface area (Å²) in [5.74, 6) is 0. The molecule has 2 rings (SSSR count). The number of rotatable bonds is 3. The third-order valence-electron chi connectivity index (χ3n) is 2.03. The number of ether oxygens (including phenoxy) is 1. The average Bonchev–Trinajstić information content (AvgIpc) is 2.41. The van der Waals surface area contributed by atoms with Crippen LogP contribution in [0.1, 0.15) is 6.92 Å². The van der Waals surface area contributed by atoms with E-state index in [4.69, 9.17) is 0 Å². The molecule has 0 saturated carbocycles. The number of benzene rings is 2. The summed E-state index contributed by atoms with van der Waals surface area (Å²) < 4.78 is 7.72. The van der Waals surface area contributed by atoms with Crippen LogP contribution in [-0.4, -0.2) is 26.7 Å². The van der Waals surface area contributed by atoms with Gasteiger partial charge in [0, 0.05) is 4.38 Å². The fourth-order valence-corrected chi connectivity index (χ4v) is 3.48. The Kier molecular flexibility index (Phi) is 8.48. The number of hydrogen-bond donors (Lipinski definition) is 0. The van der Waals surface area contributed by atoms with Crippen molar-refractivity contribution in [1.29, 1.82) is 0 Å². The standard InChI is InChI=1S/C12H10As.C3H6OS2/c1-3-7-11(8-4-1)13-12-9-5-2-6-10-12;1-2-4-3(5)6/h1-10H;2H2,1H3,(H,5,6)/q+1;/p-1. The summed E-state index contributed by atoms with van der Waals surface area (Å²) in [7, 11) is 0. The number of hydrogen-bond acceptors (Lipinski definition) is 3. The van der Waals surface area contributed by atoms with Gasteiger partial charge in [0.25, 0.3) is 0 Å². The Morgan fingerprint density at radius 3 is 1.68 bits per heavy atom. The molecule has 1 nitrogen and oxygen atoms in total. The van der Waals surface area contributed by atoms with E-state index in [-0.39, 0.29) is 20.1 Å². The van der Waals surface area contributed by atoms with E-state index in [0.29, 0.717) is 6.61 Å². The van der Waals surface area contributed by atoms with Crippen LogP contribution in [0.15, 0.2) is 60.7 Å². The molecule has 0 bridgehead atoms. The van der Waals surface area contributed by atoms with Gasteiger partial charge in [0.2, 0.25) is 0 Å². The summed E-state index contributed by atoms with van der Waals surface area (Å²) in [6.07, 6.45) is 0. The van der Waals surface area contributed by atoms with Crippen molar-refractivity contribution in [2.45, 2.75) is 6.92 Å². The van der Waals surface area contributed by atoms with Gasteiger partial charge in [-0.1, -0.05) is 0 Å². The second kappa shape index (κ2) is 9.96. The minimum absolute atomic E-state index is 0.177. The van der Waals surface area contributed by atoms with Crippen molar-refractivity contribution in [3.05, 3.63) is 60.7 Å². The van der Waals surface area contributed by atoms with E-state index in [2.05, 4.69) is 90.2 Å². The molecule has 0 heterocycles. The SMILES string of the molecule is CCOC(=S)[S-].c1ccc([As+]c2ccccc2)cc1. The molecule has 0 aliphatic heterocycles. The Hall–Kier alpha value is -0.892. The molecule has 98 valence electrons. The van der Waals surface area contributed by atoms with Crippen LogP contribution in [0.5, 0.6) is 0 Å². The Balaban J connectivity index is 0.000000258. The molecule has 0 unspecified atom stereocenters. The van der Waals surface area contributed by atoms with Crippen LogP contribution in [0.25, 0.3) is 0 Å². The van der Waals surface area contributed by atoms with Crippen molar-refractivity contribution in [2.75, 3.05) is 6.61 Å². The molecule has 0 atom stereocenters. The van der Waals surface area contributed by atoms with Crippen molar-refractivity contribution in [3.8, 4) is 0 Å². The Morgan fingerprint density at radius 1 is 1.00 bits per heavy atom. The topological polar surface area (TPSA) is 9.23 Å². The van der Waals surface area contributed by atoms with Gasteiger partial charge < -0.3 is 29.6 Å². The second-order valence-electron chi connectivity index (χ2n) is 3.47. The van der Waals surface area contributed by atoms with Gasteiger partial charge in [-0.05, 0) is 6.92 Å². The fraction of sp³-hybridized carbons (Fsp3) is 0.133. The van der Waals surface area contributed by atoms with Crippen LogP contribution < -0.4 is 8.70 Å². The molecule has 0 amide bonds. The molecule has 0 spiro atoms. The van der Waals surface area contributed by atoms with E-state index in [1.165, 1.54) is 8.70 Å². The molecular weight excluding hydrogens is 335 g/mol. The van der Waals surface area contributed by atoms with E-state index < -0.39 is 0 Å². The molecule has 0 fully saturated rings.